The van der Waals surface area contributed by atoms with E-state index in [4.69, 9.17) is 9.47 Å². The normalized spacial score (nSPS) is 10.4. The smallest absolute Gasteiger partial charge is 0.323 e. The molecule has 8 heteroatoms. The van der Waals surface area contributed by atoms with Gasteiger partial charge in [-0.05, 0) is 54.8 Å². The molecule has 0 saturated carbocycles. The van der Waals surface area contributed by atoms with Crippen LogP contribution in [0.25, 0.3) is 10.9 Å². The first-order valence-corrected chi connectivity index (χ1v) is 11.4. The second-order valence-corrected chi connectivity index (χ2v) is 8.21. The molecule has 0 radical (unpaired) electrons. The van der Waals surface area contributed by atoms with Gasteiger partial charge in [-0.3, -0.25) is 4.98 Å². The van der Waals surface area contributed by atoms with E-state index in [1.54, 1.807) is 26.5 Å². The van der Waals surface area contributed by atoms with Crippen LogP contribution in [-0.4, -0.2) is 31.8 Å². The first-order chi connectivity index (χ1) is 17.5. The summed E-state index contributed by atoms with van der Waals surface area (Å²) in [6.45, 7) is 2.58. The second kappa shape index (κ2) is 11.1. The van der Waals surface area contributed by atoms with Gasteiger partial charge in [-0.25, -0.2) is 4.79 Å². The maximum Gasteiger partial charge on any atom is 0.323 e. The Kier molecular flexibility index (Phi) is 7.51. The summed E-state index contributed by atoms with van der Waals surface area (Å²) in [6.07, 6.45) is 2.27. The molecule has 4 rings (SSSR count). The van der Waals surface area contributed by atoms with E-state index in [1.165, 1.54) is 0 Å². The molecule has 0 saturated heterocycles. The molecule has 36 heavy (non-hydrogen) atoms. The monoisotopic (exact) mass is 481 g/mol. The summed E-state index contributed by atoms with van der Waals surface area (Å²) in [7, 11) is 3.15. The molecule has 8 nitrogen and oxygen atoms in total. The van der Waals surface area contributed by atoms with Crippen molar-refractivity contribution < 1.29 is 14.3 Å². The van der Waals surface area contributed by atoms with Gasteiger partial charge in [0.05, 0.1) is 31.0 Å². The van der Waals surface area contributed by atoms with Gasteiger partial charge in [0.25, 0.3) is 0 Å². The Hall–Kier alpha value is -4.77. The number of nitrogens with zero attached hydrogens (tertiary/aromatic N) is 2. The molecular weight excluding hydrogens is 454 g/mol. The van der Waals surface area contributed by atoms with E-state index in [0.717, 1.165) is 28.6 Å². The summed E-state index contributed by atoms with van der Waals surface area (Å²) in [5.41, 5.74) is 5.46. The van der Waals surface area contributed by atoms with Gasteiger partial charge in [-0.15, -0.1) is 0 Å². The molecule has 0 bridgehead atoms. The van der Waals surface area contributed by atoms with Crippen molar-refractivity contribution in [2.45, 2.75) is 13.3 Å². The van der Waals surface area contributed by atoms with Crippen molar-refractivity contribution in [1.29, 1.82) is 5.26 Å². The van der Waals surface area contributed by atoms with Crippen LogP contribution < -0.4 is 25.4 Å². The number of nitriles is 1. The standard InChI is InChI=1S/C28H27N5O3/c1-18-5-4-6-22(13-18)33-28(34)32-21-9-7-19(8-10-21)11-12-30-27-20(16-29)17-31-24-15-26(36-3)25(35-2)14-23(24)27/h4-10,13-15,17H,11-12H2,1-3H3,(H,30,31)(H2,32,33,34). The van der Waals surface area contributed by atoms with Gasteiger partial charge >= 0.3 is 6.03 Å². The van der Waals surface area contributed by atoms with Crippen LogP contribution in [0.2, 0.25) is 0 Å². The number of aryl methyl sites for hydroxylation is 1. The van der Waals surface area contributed by atoms with Crippen molar-refractivity contribution in [3.05, 3.63) is 83.6 Å². The Balaban J connectivity index is 1.40. The van der Waals surface area contributed by atoms with Gasteiger partial charge in [0.2, 0.25) is 0 Å². The zero-order valence-electron chi connectivity index (χ0n) is 20.4. The van der Waals surface area contributed by atoms with Crippen molar-refractivity contribution in [2.24, 2.45) is 0 Å². The topological polar surface area (TPSA) is 108 Å². The largest absolute Gasteiger partial charge is 0.493 e. The molecular formula is C28H27N5O3. The number of nitrogens with one attached hydrogen (secondary N) is 3. The van der Waals surface area contributed by atoms with Gasteiger partial charge in [-0.1, -0.05) is 24.3 Å². The summed E-state index contributed by atoms with van der Waals surface area (Å²) in [4.78, 5) is 16.7. The molecule has 2 amide bonds. The number of hydrogen-bond donors (Lipinski definition) is 3. The van der Waals surface area contributed by atoms with E-state index in [-0.39, 0.29) is 6.03 Å². The average Bonchev–Trinajstić information content (AvgIpc) is 2.88. The maximum atomic E-state index is 12.3. The van der Waals surface area contributed by atoms with Gasteiger partial charge in [0, 0.05) is 35.6 Å². The van der Waals surface area contributed by atoms with Crippen LogP contribution in [0, 0.1) is 18.3 Å². The van der Waals surface area contributed by atoms with Crippen LogP contribution in [0.5, 0.6) is 11.5 Å². The third kappa shape index (κ3) is 5.65. The van der Waals surface area contributed by atoms with Gasteiger partial charge in [-0.2, -0.15) is 5.26 Å². The van der Waals surface area contributed by atoms with E-state index in [2.05, 4.69) is 27.0 Å². The molecule has 0 aliphatic carbocycles. The summed E-state index contributed by atoms with van der Waals surface area (Å²) >= 11 is 0. The van der Waals surface area contributed by atoms with Crippen molar-refractivity contribution in [2.75, 3.05) is 36.7 Å². The Morgan fingerprint density at radius 3 is 2.39 bits per heavy atom. The van der Waals surface area contributed by atoms with Crippen LogP contribution in [-0.2, 0) is 6.42 Å². The number of rotatable bonds is 8. The molecule has 1 aromatic heterocycles. The highest BCUT2D eigenvalue weighted by atomic mass is 16.5. The third-order valence-corrected chi connectivity index (χ3v) is 5.70. The zero-order valence-corrected chi connectivity index (χ0v) is 20.4. The van der Waals surface area contributed by atoms with Crippen molar-refractivity contribution >= 4 is 34.0 Å². The lowest BCUT2D eigenvalue weighted by molar-refractivity contribution is 0.262. The molecule has 0 aliphatic heterocycles. The van der Waals surface area contributed by atoms with E-state index < -0.39 is 0 Å². The molecule has 0 unspecified atom stereocenters. The summed E-state index contributed by atoms with van der Waals surface area (Å²) in [6, 6.07) is 20.8. The number of benzene rings is 3. The first kappa shape index (κ1) is 24.4. The minimum atomic E-state index is -0.296. The predicted molar refractivity (Wildman–Crippen MR) is 142 cm³/mol. The average molecular weight is 482 g/mol. The predicted octanol–water partition coefficient (Wildman–Crippen LogP) is 5.73. The number of aromatic nitrogens is 1. The van der Waals surface area contributed by atoms with E-state index in [0.29, 0.717) is 40.5 Å². The number of ether oxygens (including phenoxy) is 2. The van der Waals surface area contributed by atoms with Crippen molar-refractivity contribution in [1.82, 2.24) is 4.98 Å². The number of carbonyl (C=O) groups is 1. The minimum absolute atomic E-state index is 0.296. The Labute approximate surface area is 209 Å². The number of carbonyl (C=O) groups excluding carboxylic acids is 1. The summed E-state index contributed by atoms with van der Waals surface area (Å²) in [5.74, 6) is 1.15. The number of anilines is 3. The Morgan fingerprint density at radius 1 is 0.972 bits per heavy atom. The molecule has 0 aliphatic rings. The second-order valence-electron chi connectivity index (χ2n) is 8.21. The molecule has 3 aromatic carbocycles. The van der Waals surface area contributed by atoms with Gasteiger partial charge in [0.15, 0.2) is 11.5 Å². The lowest BCUT2D eigenvalue weighted by atomic mass is 10.1. The lowest BCUT2D eigenvalue weighted by Gasteiger charge is -2.14. The fourth-order valence-electron chi connectivity index (χ4n) is 3.90. The molecule has 1 heterocycles. The van der Waals surface area contributed by atoms with Crippen LogP contribution in [0.3, 0.4) is 0 Å². The van der Waals surface area contributed by atoms with Gasteiger partial charge in [0.1, 0.15) is 6.07 Å². The Bertz CT molecular complexity index is 1430. The fraction of sp³-hybridized carbons (Fsp3) is 0.179. The number of pyridine rings is 1. The minimum Gasteiger partial charge on any atom is -0.493 e. The highest BCUT2D eigenvalue weighted by Crippen LogP contribution is 2.35. The van der Waals surface area contributed by atoms with Gasteiger partial charge < -0.3 is 25.4 Å². The van der Waals surface area contributed by atoms with Crippen LogP contribution in [0.15, 0.2) is 66.9 Å². The SMILES string of the molecule is COc1cc2ncc(C#N)c(NCCc3ccc(NC(=O)Nc4cccc(C)c4)cc3)c2cc1OC. The van der Waals surface area contributed by atoms with E-state index >= 15 is 0 Å². The van der Waals surface area contributed by atoms with Crippen LogP contribution in [0.4, 0.5) is 21.9 Å². The van der Waals surface area contributed by atoms with E-state index in [1.807, 2.05) is 61.5 Å². The highest BCUT2D eigenvalue weighted by molar-refractivity contribution is 5.99. The maximum absolute atomic E-state index is 12.3. The molecule has 0 spiro atoms. The van der Waals surface area contributed by atoms with Crippen LogP contribution >= 0.6 is 0 Å². The molecule has 0 fully saturated rings. The molecule has 4 aromatic rings. The Morgan fingerprint density at radius 2 is 1.69 bits per heavy atom. The fourth-order valence-corrected chi connectivity index (χ4v) is 3.90. The zero-order chi connectivity index (χ0) is 25.5. The van der Waals surface area contributed by atoms with Crippen molar-refractivity contribution in [3.63, 3.8) is 0 Å². The highest BCUT2D eigenvalue weighted by Gasteiger charge is 2.13. The number of fused-ring (bicyclic) bond motifs is 1. The van der Waals surface area contributed by atoms with Crippen molar-refractivity contribution in [3.8, 4) is 17.6 Å². The van der Waals surface area contributed by atoms with Crippen LogP contribution in [0.1, 0.15) is 16.7 Å². The third-order valence-electron chi connectivity index (χ3n) is 5.70. The molecule has 3 N–H and O–H groups in total. The first-order valence-electron chi connectivity index (χ1n) is 11.4. The summed E-state index contributed by atoms with van der Waals surface area (Å²) in [5, 5.41) is 19.4. The molecule has 0 atom stereocenters. The number of amides is 2. The number of methoxy groups -OCH3 is 2. The van der Waals surface area contributed by atoms with E-state index in [9.17, 15) is 10.1 Å². The quantitative estimate of drug-likeness (QED) is 0.297. The molecule has 182 valence electrons. The lowest BCUT2D eigenvalue weighted by Crippen LogP contribution is -2.19. The summed E-state index contributed by atoms with van der Waals surface area (Å²) < 4.78 is 10.8. The number of hydrogen-bond acceptors (Lipinski definition) is 6. The number of urea groups is 1.